The molecule has 1 saturated heterocycles. The molecule has 3 nitrogen and oxygen atoms in total. The Labute approximate surface area is 111 Å². The maximum absolute atomic E-state index is 10.2. The van der Waals surface area contributed by atoms with Gasteiger partial charge in [0.1, 0.15) is 5.75 Å². The number of rotatable bonds is 2. The average Bonchev–Trinajstić information content (AvgIpc) is 2.34. The second kappa shape index (κ2) is 5.38. The summed E-state index contributed by atoms with van der Waals surface area (Å²) in [5.41, 5.74) is 1.94. The molecule has 0 aliphatic carbocycles. The monoisotopic (exact) mass is 298 g/mol. The fourth-order valence-corrected chi connectivity index (χ4v) is 2.94. The lowest BCUT2D eigenvalue weighted by atomic mass is 10.0. The Kier molecular flexibility index (Phi) is 4.07. The van der Waals surface area contributed by atoms with E-state index in [0.717, 1.165) is 41.8 Å². The van der Waals surface area contributed by atoms with Gasteiger partial charge in [-0.25, -0.2) is 0 Å². The lowest BCUT2D eigenvalue weighted by Gasteiger charge is -2.33. The number of hydrogen-bond acceptors (Lipinski definition) is 3. The Balaban J connectivity index is 2.26. The van der Waals surface area contributed by atoms with Crippen LogP contribution in [0, 0.1) is 6.92 Å². The highest BCUT2D eigenvalue weighted by molar-refractivity contribution is 9.10. The quantitative estimate of drug-likeness (QED) is 0.880. The van der Waals surface area contributed by atoms with Crippen LogP contribution >= 0.6 is 15.9 Å². The van der Waals surface area contributed by atoms with Crippen molar-refractivity contribution in [3.63, 3.8) is 0 Å². The minimum Gasteiger partial charge on any atom is -0.507 e. The van der Waals surface area contributed by atoms with Crippen molar-refractivity contribution in [1.82, 2.24) is 10.2 Å². The van der Waals surface area contributed by atoms with Crippen LogP contribution in [0.2, 0.25) is 0 Å². The average molecular weight is 299 g/mol. The molecular formula is C13H19BrN2O. The molecule has 1 heterocycles. The van der Waals surface area contributed by atoms with Crippen LogP contribution in [0.4, 0.5) is 0 Å². The molecule has 2 N–H and O–H groups in total. The number of piperazine rings is 1. The highest BCUT2D eigenvalue weighted by Gasteiger charge is 2.21. The molecule has 1 aliphatic heterocycles. The van der Waals surface area contributed by atoms with Crippen LogP contribution in [0.1, 0.15) is 24.1 Å². The van der Waals surface area contributed by atoms with E-state index < -0.39 is 0 Å². The molecule has 0 amide bonds. The number of nitrogens with one attached hydrogen (secondary N) is 1. The number of aromatic hydroxyl groups is 1. The van der Waals surface area contributed by atoms with Crippen LogP contribution < -0.4 is 5.32 Å². The Morgan fingerprint density at radius 1 is 1.35 bits per heavy atom. The number of nitrogens with zero attached hydrogens (tertiary/aromatic N) is 1. The molecular weight excluding hydrogens is 280 g/mol. The van der Waals surface area contributed by atoms with Crippen molar-refractivity contribution in [3.05, 3.63) is 27.7 Å². The van der Waals surface area contributed by atoms with E-state index >= 15 is 0 Å². The predicted octanol–water partition coefficient (Wildman–Crippen LogP) is 2.43. The van der Waals surface area contributed by atoms with E-state index in [1.54, 1.807) is 0 Å². The molecule has 0 saturated carbocycles. The molecule has 0 bridgehead atoms. The fraction of sp³-hybridized carbons (Fsp3) is 0.538. The second-order valence-electron chi connectivity index (χ2n) is 4.62. The smallest absolute Gasteiger partial charge is 0.123 e. The zero-order valence-electron chi connectivity index (χ0n) is 10.3. The van der Waals surface area contributed by atoms with Gasteiger partial charge in [-0.2, -0.15) is 0 Å². The molecule has 0 unspecified atom stereocenters. The van der Waals surface area contributed by atoms with Crippen LogP contribution in [-0.2, 0) is 0 Å². The van der Waals surface area contributed by atoms with E-state index in [9.17, 15) is 5.11 Å². The van der Waals surface area contributed by atoms with Crippen molar-refractivity contribution in [2.75, 3.05) is 26.2 Å². The summed E-state index contributed by atoms with van der Waals surface area (Å²) >= 11 is 3.50. The first-order chi connectivity index (χ1) is 8.09. The minimum absolute atomic E-state index is 0.258. The summed E-state index contributed by atoms with van der Waals surface area (Å²) in [6.07, 6.45) is 0. The van der Waals surface area contributed by atoms with Gasteiger partial charge in [-0.3, -0.25) is 4.90 Å². The minimum atomic E-state index is 0.258. The Morgan fingerprint density at radius 3 is 2.65 bits per heavy atom. The maximum Gasteiger partial charge on any atom is 0.123 e. The second-order valence-corrected chi connectivity index (χ2v) is 5.54. The van der Waals surface area contributed by atoms with E-state index in [-0.39, 0.29) is 6.04 Å². The number of benzene rings is 1. The number of halogens is 1. The van der Waals surface area contributed by atoms with Gasteiger partial charge in [0, 0.05) is 42.3 Å². The molecule has 1 atom stereocenters. The van der Waals surface area contributed by atoms with Crippen molar-refractivity contribution in [2.24, 2.45) is 0 Å². The van der Waals surface area contributed by atoms with E-state index in [2.05, 4.69) is 33.1 Å². The van der Waals surface area contributed by atoms with Crippen molar-refractivity contribution in [2.45, 2.75) is 19.9 Å². The third kappa shape index (κ3) is 2.81. The van der Waals surface area contributed by atoms with Gasteiger partial charge in [-0.15, -0.1) is 0 Å². The van der Waals surface area contributed by atoms with Crippen LogP contribution in [0.3, 0.4) is 0 Å². The molecule has 1 aromatic carbocycles. The third-order valence-electron chi connectivity index (χ3n) is 3.44. The molecule has 2 rings (SSSR count). The lowest BCUT2D eigenvalue weighted by Crippen LogP contribution is -2.44. The van der Waals surface area contributed by atoms with Crippen LogP contribution in [0.15, 0.2) is 16.6 Å². The first-order valence-electron chi connectivity index (χ1n) is 6.03. The van der Waals surface area contributed by atoms with Crippen molar-refractivity contribution < 1.29 is 5.11 Å². The summed E-state index contributed by atoms with van der Waals surface area (Å²) in [5, 5.41) is 13.5. The molecule has 17 heavy (non-hydrogen) atoms. The van der Waals surface area contributed by atoms with E-state index in [1.165, 1.54) is 0 Å². The van der Waals surface area contributed by atoms with Crippen LogP contribution in [-0.4, -0.2) is 36.2 Å². The maximum atomic E-state index is 10.2. The van der Waals surface area contributed by atoms with Gasteiger partial charge in [-0.1, -0.05) is 15.9 Å². The first kappa shape index (κ1) is 12.9. The van der Waals surface area contributed by atoms with E-state index in [4.69, 9.17) is 0 Å². The van der Waals surface area contributed by atoms with Crippen molar-refractivity contribution in [3.8, 4) is 5.75 Å². The van der Waals surface area contributed by atoms with Crippen molar-refractivity contribution >= 4 is 15.9 Å². The normalized spacial score (nSPS) is 19.2. The lowest BCUT2D eigenvalue weighted by molar-refractivity contribution is 0.183. The fourth-order valence-electron chi connectivity index (χ4n) is 2.35. The zero-order chi connectivity index (χ0) is 12.4. The zero-order valence-corrected chi connectivity index (χ0v) is 11.9. The summed E-state index contributed by atoms with van der Waals surface area (Å²) in [6, 6.07) is 4.23. The number of phenols is 1. The van der Waals surface area contributed by atoms with Gasteiger partial charge >= 0.3 is 0 Å². The molecule has 1 aliphatic rings. The summed E-state index contributed by atoms with van der Waals surface area (Å²) < 4.78 is 1.03. The summed E-state index contributed by atoms with van der Waals surface area (Å²) in [4.78, 5) is 2.40. The van der Waals surface area contributed by atoms with Gasteiger partial charge in [0.15, 0.2) is 0 Å². The van der Waals surface area contributed by atoms with Gasteiger partial charge in [-0.05, 0) is 31.5 Å². The highest BCUT2D eigenvalue weighted by Crippen LogP contribution is 2.33. The van der Waals surface area contributed by atoms with Crippen LogP contribution in [0.5, 0.6) is 5.75 Å². The first-order valence-corrected chi connectivity index (χ1v) is 6.82. The molecule has 0 radical (unpaired) electrons. The van der Waals surface area contributed by atoms with Crippen LogP contribution in [0.25, 0.3) is 0 Å². The Bertz CT molecular complexity index is 403. The van der Waals surface area contributed by atoms with E-state index in [0.29, 0.717) is 5.75 Å². The summed E-state index contributed by atoms with van der Waals surface area (Å²) in [7, 11) is 0. The summed E-state index contributed by atoms with van der Waals surface area (Å²) in [6.45, 7) is 8.22. The molecule has 4 heteroatoms. The third-order valence-corrected chi connectivity index (χ3v) is 3.90. The number of aryl methyl sites for hydroxylation is 1. The SMILES string of the molecule is Cc1cc(Br)cc([C@@H](C)N2CCNCC2)c1O. The Morgan fingerprint density at radius 2 is 2.00 bits per heavy atom. The number of hydrogen-bond donors (Lipinski definition) is 2. The molecule has 94 valence electrons. The highest BCUT2D eigenvalue weighted by atomic mass is 79.9. The molecule has 1 fully saturated rings. The van der Waals surface area contributed by atoms with Gasteiger partial charge < -0.3 is 10.4 Å². The van der Waals surface area contributed by atoms with Gasteiger partial charge in [0.25, 0.3) is 0 Å². The molecule has 1 aromatic rings. The Hall–Kier alpha value is -0.580. The largest absolute Gasteiger partial charge is 0.507 e. The predicted molar refractivity (Wildman–Crippen MR) is 73.4 cm³/mol. The van der Waals surface area contributed by atoms with E-state index in [1.807, 2.05) is 19.1 Å². The van der Waals surface area contributed by atoms with Crippen molar-refractivity contribution in [1.29, 1.82) is 0 Å². The summed E-state index contributed by atoms with van der Waals surface area (Å²) in [5.74, 6) is 0.430. The van der Waals surface area contributed by atoms with Gasteiger partial charge in [0.2, 0.25) is 0 Å². The standard InChI is InChI=1S/C13H19BrN2O/c1-9-7-11(14)8-12(13(9)17)10(2)16-5-3-15-4-6-16/h7-8,10,15,17H,3-6H2,1-2H3/t10-/m1/s1. The molecule has 0 aromatic heterocycles. The topological polar surface area (TPSA) is 35.5 Å². The number of phenolic OH excluding ortho intramolecular Hbond substituents is 1. The van der Waals surface area contributed by atoms with Gasteiger partial charge in [0.05, 0.1) is 0 Å². The molecule has 0 spiro atoms.